The van der Waals surface area contributed by atoms with E-state index in [0.29, 0.717) is 38.8 Å². The van der Waals surface area contributed by atoms with Crippen molar-refractivity contribution < 1.29 is 13.7 Å². The molecular formula is C22H16ClFN4O2. The monoisotopic (exact) mass is 422 g/mol. The molecule has 150 valence electrons. The van der Waals surface area contributed by atoms with Gasteiger partial charge in [0.05, 0.1) is 17.7 Å². The van der Waals surface area contributed by atoms with Crippen molar-refractivity contribution in [2.45, 2.75) is 6.42 Å². The maximum absolute atomic E-state index is 13.4. The van der Waals surface area contributed by atoms with E-state index in [1.54, 1.807) is 54.7 Å². The molecule has 6 nitrogen and oxygen atoms in total. The van der Waals surface area contributed by atoms with Crippen LogP contribution in [0.2, 0.25) is 5.02 Å². The fourth-order valence-corrected chi connectivity index (χ4v) is 3.21. The topological polar surface area (TPSA) is 94.0 Å². The third-order valence-corrected chi connectivity index (χ3v) is 4.82. The van der Waals surface area contributed by atoms with Crippen LogP contribution in [-0.4, -0.2) is 16.0 Å². The van der Waals surface area contributed by atoms with Gasteiger partial charge in [-0.25, -0.2) is 4.39 Å². The number of hydrogen-bond donors (Lipinski definition) is 2. The van der Waals surface area contributed by atoms with Crippen LogP contribution in [0.5, 0.6) is 0 Å². The van der Waals surface area contributed by atoms with Gasteiger partial charge >= 0.3 is 0 Å². The van der Waals surface area contributed by atoms with Gasteiger partial charge in [0.2, 0.25) is 11.8 Å². The Bertz CT molecular complexity index is 1210. The van der Waals surface area contributed by atoms with Gasteiger partial charge in [0.1, 0.15) is 17.2 Å². The number of halogens is 2. The van der Waals surface area contributed by atoms with E-state index in [4.69, 9.17) is 21.9 Å². The maximum Gasteiger partial charge on any atom is 0.241 e. The lowest BCUT2D eigenvalue weighted by Crippen LogP contribution is -2.15. The molecule has 4 aromatic rings. The molecule has 1 amide bonds. The number of nitrogen functional groups attached to an aromatic ring is 1. The van der Waals surface area contributed by atoms with E-state index in [9.17, 15) is 9.18 Å². The Kier molecular flexibility index (Phi) is 5.45. The third kappa shape index (κ3) is 4.01. The van der Waals surface area contributed by atoms with Gasteiger partial charge in [-0.05, 0) is 48.0 Å². The highest BCUT2D eigenvalue weighted by molar-refractivity contribution is 6.31. The zero-order chi connectivity index (χ0) is 21.1. The van der Waals surface area contributed by atoms with Gasteiger partial charge < -0.3 is 10.3 Å². The molecular weight excluding hydrogens is 407 g/mol. The highest BCUT2D eigenvalue weighted by Gasteiger charge is 2.24. The van der Waals surface area contributed by atoms with Crippen LogP contribution in [0.3, 0.4) is 0 Å². The molecule has 0 unspecified atom stereocenters. The molecule has 8 heteroatoms. The van der Waals surface area contributed by atoms with Crippen molar-refractivity contribution in [3.05, 3.63) is 83.3 Å². The highest BCUT2D eigenvalue weighted by Crippen LogP contribution is 2.39. The van der Waals surface area contributed by atoms with Crippen LogP contribution in [-0.2, 0) is 11.2 Å². The Morgan fingerprint density at radius 1 is 1.07 bits per heavy atom. The van der Waals surface area contributed by atoms with E-state index in [1.807, 2.05) is 0 Å². The van der Waals surface area contributed by atoms with Crippen molar-refractivity contribution in [1.29, 1.82) is 0 Å². The predicted molar refractivity (Wildman–Crippen MR) is 113 cm³/mol. The van der Waals surface area contributed by atoms with E-state index >= 15 is 0 Å². The number of carbonyl (C=O) groups is 1. The minimum Gasteiger partial charge on any atom is -0.397 e. The Labute approximate surface area is 176 Å². The molecule has 3 N–H and O–H groups in total. The summed E-state index contributed by atoms with van der Waals surface area (Å²) in [6.07, 6.45) is 1.62. The number of amides is 1. The summed E-state index contributed by atoms with van der Waals surface area (Å²) < 4.78 is 18.8. The first-order valence-electron chi connectivity index (χ1n) is 9.02. The number of nitrogens with one attached hydrogen (secondary N) is 1. The average Bonchev–Trinajstić information content (AvgIpc) is 3.14. The van der Waals surface area contributed by atoms with Crippen molar-refractivity contribution >= 4 is 29.1 Å². The third-order valence-electron chi connectivity index (χ3n) is 4.45. The molecule has 0 aliphatic heterocycles. The second-order valence-corrected chi connectivity index (χ2v) is 6.91. The molecule has 2 aromatic heterocycles. The van der Waals surface area contributed by atoms with Crippen LogP contribution in [0.15, 0.2) is 71.4 Å². The summed E-state index contributed by atoms with van der Waals surface area (Å²) >= 11 is 6.14. The Morgan fingerprint density at radius 2 is 1.83 bits per heavy atom. The van der Waals surface area contributed by atoms with E-state index in [2.05, 4.69) is 15.5 Å². The van der Waals surface area contributed by atoms with Crippen LogP contribution in [0, 0.1) is 5.82 Å². The number of pyridine rings is 1. The summed E-state index contributed by atoms with van der Waals surface area (Å²) in [6, 6.07) is 16.2. The standard InChI is InChI=1S/C22H16ClFN4O2/c23-16-5-2-1-4-14(16)12-18(29)27-22-19(21-17(25)6-3-11-26-21)20(28-30-22)13-7-9-15(24)10-8-13/h1-11H,12,25H2,(H,27,29). The van der Waals surface area contributed by atoms with Crippen molar-refractivity contribution in [3.63, 3.8) is 0 Å². The van der Waals surface area contributed by atoms with Gasteiger partial charge in [-0.15, -0.1) is 0 Å². The maximum atomic E-state index is 13.4. The summed E-state index contributed by atoms with van der Waals surface area (Å²) in [6.45, 7) is 0. The molecule has 0 radical (unpaired) electrons. The minimum absolute atomic E-state index is 0.0450. The number of benzene rings is 2. The zero-order valence-electron chi connectivity index (χ0n) is 15.6. The second kappa shape index (κ2) is 8.34. The first kappa shape index (κ1) is 19.6. The molecule has 0 aliphatic rings. The first-order valence-corrected chi connectivity index (χ1v) is 9.40. The molecule has 0 aliphatic carbocycles. The smallest absolute Gasteiger partial charge is 0.241 e. The Hall–Kier alpha value is -3.71. The van der Waals surface area contributed by atoms with Gasteiger partial charge in [-0.2, -0.15) is 0 Å². The van der Waals surface area contributed by atoms with Crippen molar-refractivity contribution in [3.8, 4) is 22.5 Å². The number of anilines is 2. The zero-order valence-corrected chi connectivity index (χ0v) is 16.4. The van der Waals surface area contributed by atoms with Gasteiger partial charge in [0.25, 0.3) is 0 Å². The van der Waals surface area contributed by atoms with Gasteiger partial charge in [-0.1, -0.05) is 35.0 Å². The molecule has 30 heavy (non-hydrogen) atoms. The first-order chi connectivity index (χ1) is 14.5. The van der Waals surface area contributed by atoms with Crippen LogP contribution >= 0.6 is 11.6 Å². The number of hydrogen-bond acceptors (Lipinski definition) is 5. The Morgan fingerprint density at radius 3 is 2.57 bits per heavy atom. The molecule has 0 fully saturated rings. The lowest BCUT2D eigenvalue weighted by molar-refractivity contribution is -0.115. The number of carbonyl (C=O) groups excluding carboxylic acids is 1. The van der Waals surface area contributed by atoms with Gasteiger partial charge in [0.15, 0.2) is 0 Å². The summed E-state index contributed by atoms with van der Waals surface area (Å²) in [5.74, 6) is -0.633. The van der Waals surface area contributed by atoms with E-state index in [-0.39, 0.29) is 24.0 Å². The fraction of sp³-hybridized carbons (Fsp3) is 0.0455. The summed E-state index contributed by atoms with van der Waals surface area (Å²) in [4.78, 5) is 17.0. The van der Waals surface area contributed by atoms with Crippen molar-refractivity contribution in [2.24, 2.45) is 0 Å². The number of rotatable bonds is 5. The molecule has 0 saturated carbocycles. The molecule has 0 saturated heterocycles. The van der Waals surface area contributed by atoms with Crippen LogP contribution in [0.25, 0.3) is 22.5 Å². The van der Waals surface area contributed by atoms with Crippen LogP contribution in [0.1, 0.15) is 5.56 Å². The van der Waals surface area contributed by atoms with E-state index in [1.165, 1.54) is 12.1 Å². The van der Waals surface area contributed by atoms with E-state index in [0.717, 1.165) is 0 Å². The van der Waals surface area contributed by atoms with E-state index < -0.39 is 0 Å². The molecule has 4 rings (SSSR count). The largest absolute Gasteiger partial charge is 0.397 e. The Balaban J connectivity index is 1.73. The normalized spacial score (nSPS) is 10.7. The molecule has 0 bridgehead atoms. The molecule has 2 heterocycles. The molecule has 0 atom stereocenters. The lowest BCUT2D eigenvalue weighted by atomic mass is 10.0. The summed E-state index contributed by atoms with van der Waals surface area (Å²) in [7, 11) is 0. The number of nitrogens with two attached hydrogens (primary N) is 1. The van der Waals surface area contributed by atoms with Gasteiger partial charge in [0, 0.05) is 16.8 Å². The minimum atomic E-state index is -0.380. The SMILES string of the molecule is Nc1cccnc1-c1c(-c2ccc(F)cc2)noc1NC(=O)Cc1ccccc1Cl. The number of aromatic nitrogens is 2. The fourth-order valence-electron chi connectivity index (χ4n) is 3.01. The highest BCUT2D eigenvalue weighted by atomic mass is 35.5. The van der Waals surface area contributed by atoms with Gasteiger partial charge in [-0.3, -0.25) is 15.1 Å². The summed E-state index contributed by atoms with van der Waals surface area (Å²) in [5, 5.41) is 7.29. The lowest BCUT2D eigenvalue weighted by Gasteiger charge is -2.08. The number of nitrogens with zero attached hydrogens (tertiary/aromatic N) is 2. The average molecular weight is 423 g/mol. The predicted octanol–water partition coefficient (Wildman–Crippen LogP) is 4.96. The second-order valence-electron chi connectivity index (χ2n) is 6.50. The van der Waals surface area contributed by atoms with Crippen molar-refractivity contribution in [2.75, 3.05) is 11.1 Å². The van der Waals surface area contributed by atoms with Crippen LogP contribution in [0.4, 0.5) is 16.0 Å². The molecule has 0 spiro atoms. The van der Waals surface area contributed by atoms with Crippen molar-refractivity contribution in [1.82, 2.24) is 10.1 Å². The van der Waals surface area contributed by atoms with Crippen LogP contribution < -0.4 is 11.1 Å². The quantitative estimate of drug-likeness (QED) is 0.474. The summed E-state index contributed by atoms with van der Waals surface area (Å²) in [5.41, 5.74) is 8.94. The molecule has 2 aromatic carbocycles.